The second kappa shape index (κ2) is 21.5. The molecule has 3 fully saturated rings. The Balaban J connectivity index is 0.963. The molecule has 0 aliphatic carbocycles. The monoisotopic (exact) mass is 630 g/mol. The third kappa shape index (κ3) is 13.9. The third-order valence-electron chi connectivity index (χ3n) is 12.2. The van der Waals surface area contributed by atoms with Gasteiger partial charge < -0.3 is 20.8 Å². The summed E-state index contributed by atoms with van der Waals surface area (Å²) >= 11 is 0. The van der Waals surface area contributed by atoms with E-state index in [0.29, 0.717) is 12.1 Å². The highest BCUT2D eigenvalue weighted by Gasteiger charge is 2.34. The average molecular weight is 630 g/mol. The van der Waals surface area contributed by atoms with Crippen LogP contribution < -0.4 is 10.6 Å². The number of aliphatic hydroxyl groups is 2. The molecule has 0 aromatic heterocycles. The number of unbranched alkanes of at least 4 members (excludes halogenated alkanes) is 14. The molecule has 0 amide bonds. The van der Waals surface area contributed by atoms with Gasteiger partial charge in [-0.1, -0.05) is 108 Å². The second-order valence-corrected chi connectivity index (χ2v) is 16.0. The van der Waals surface area contributed by atoms with Gasteiger partial charge in [0.25, 0.3) is 0 Å². The van der Waals surface area contributed by atoms with E-state index in [9.17, 15) is 10.2 Å². The Bertz CT molecular complexity index is 804. The number of fused-ring (bicyclic) bond motifs is 1. The molecular weight excluding hydrogens is 554 g/mol. The lowest BCUT2D eigenvalue weighted by Gasteiger charge is -2.36. The molecule has 3 saturated heterocycles. The number of piperidine rings is 2. The molecule has 4 N–H and O–H groups in total. The van der Waals surface area contributed by atoms with Crippen LogP contribution >= 0.6 is 0 Å². The number of aliphatic hydroxyl groups excluding tert-OH is 2. The number of hydrogen-bond acceptors (Lipinski definition) is 5. The zero-order valence-electron chi connectivity index (χ0n) is 29.8. The highest BCUT2D eigenvalue weighted by molar-refractivity contribution is 5.15. The van der Waals surface area contributed by atoms with Crippen molar-refractivity contribution < 1.29 is 10.2 Å². The molecular formula is C40H75N3O2. The summed E-state index contributed by atoms with van der Waals surface area (Å²) in [7, 11) is 0. The van der Waals surface area contributed by atoms with Gasteiger partial charge in [-0.15, -0.1) is 0 Å². The topological polar surface area (TPSA) is 67.8 Å². The van der Waals surface area contributed by atoms with Gasteiger partial charge in [-0.2, -0.15) is 0 Å². The fourth-order valence-corrected chi connectivity index (χ4v) is 9.17. The Morgan fingerprint density at radius 2 is 1.07 bits per heavy atom. The maximum Gasteiger partial charge on any atom is 0.0691 e. The number of hydrogen-bond donors (Lipinski definition) is 4. The van der Waals surface area contributed by atoms with Crippen LogP contribution in [0.4, 0.5) is 0 Å². The summed E-state index contributed by atoms with van der Waals surface area (Å²) in [5, 5.41) is 27.0. The van der Waals surface area contributed by atoms with Gasteiger partial charge in [-0.3, -0.25) is 4.90 Å². The zero-order chi connectivity index (χ0) is 31.7. The standard InChI is InChI=1S/C40H75N3O2/c1-32-39(44)27-25-36(41-32)22-17-13-9-5-3-7-11-15-20-34-30-35(38-24-19-29-43(38)31-34)21-16-12-8-4-6-10-14-18-23-37-26-28-40(45)33(2)42-37/h30,32-33,35-42,44-45H,3-29,31H2,1-2H3/t32-,33+,35?,36+,37-,38?,39-,40+/m0/s1. The Morgan fingerprint density at radius 1 is 0.600 bits per heavy atom. The van der Waals surface area contributed by atoms with E-state index < -0.39 is 0 Å². The van der Waals surface area contributed by atoms with Crippen molar-refractivity contribution in [1.29, 1.82) is 0 Å². The lowest BCUT2D eigenvalue weighted by molar-refractivity contribution is 0.0848. The highest BCUT2D eigenvalue weighted by atomic mass is 16.3. The van der Waals surface area contributed by atoms with Gasteiger partial charge in [-0.25, -0.2) is 0 Å². The SMILES string of the molecule is C[C@@H]1N[C@H](CCCCCCCCCCC2=CC(CCCCCCCCCC[C@H]3CC[C@@H](O)[C@@H](C)N3)C3CCCN3C2)CC[C@@H]1O. The molecule has 0 aromatic carbocycles. The van der Waals surface area contributed by atoms with Crippen LogP contribution in [0.15, 0.2) is 11.6 Å². The van der Waals surface area contributed by atoms with E-state index in [1.54, 1.807) is 5.57 Å². The van der Waals surface area contributed by atoms with Crippen molar-refractivity contribution in [3.05, 3.63) is 11.6 Å². The molecule has 4 aliphatic heterocycles. The van der Waals surface area contributed by atoms with Gasteiger partial charge >= 0.3 is 0 Å². The van der Waals surface area contributed by atoms with Gasteiger partial charge in [0.15, 0.2) is 0 Å². The van der Waals surface area contributed by atoms with E-state index in [2.05, 4.69) is 35.5 Å². The quantitative estimate of drug-likeness (QED) is 0.0712. The van der Waals surface area contributed by atoms with E-state index >= 15 is 0 Å². The Kier molecular flexibility index (Phi) is 17.8. The minimum atomic E-state index is -0.142. The molecule has 4 aliphatic rings. The van der Waals surface area contributed by atoms with Gasteiger partial charge in [0.1, 0.15) is 0 Å². The molecule has 0 bridgehead atoms. The van der Waals surface area contributed by atoms with Crippen LogP contribution in [0.25, 0.3) is 0 Å². The first kappa shape index (κ1) is 37.4. The predicted octanol–water partition coefficient (Wildman–Crippen LogP) is 8.81. The van der Waals surface area contributed by atoms with Crippen LogP contribution in [-0.4, -0.2) is 70.6 Å². The van der Waals surface area contributed by atoms with Gasteiger partial charge in [0, 0.05) is 36.8 Å². The van der Waals surface area contributed by atoms with Crippen molar-refractivity contribution in [2.75, 3.05) is 13.1 Å². The molecule has 0 saturated carbocycles. The number of nitrogens with zero attached hydrogens (tertiary/aromatic N) is 1. The molecule has 5 nitrogen and oxygen atoms in total. The van der Waals surface area contributed by atoms with Crippen molar-refractivity contribution in [2.24, 2.45) is 5.92 Å². The van der Waals surface area contributed by atoms with Crippen molar-refractivity contribution in [1.82, 2.24) is 15.5 Å². The first-order valence-corrected chi connectivity index (χ1v) is 20.3. The van der Waals surface area contributed by atoms with E-state index in [1.807, 2.05) is 0 Å². The van der Waals surface area contributed by atoms with E-state index in [4.69, 9.17) is 0 Å². The summed E-state index contributed by atoms with van der Waals surface area (Å²) in [6.45, 7) is 6.86. The Labute approximate surface area is 279 Å². The van der Waals surface area contributed by atoms with E-state index in [0.717, 1.165) is 37.6 Å². The fourth-order valence-electron chi connectivity index (χ4n) is 9.17. The molecule has 0 spiro atoms. The third-order valence-corrected chi connectivity index (χ3v) is 12.2. The molecule has 45 heavy (non-hydrogen) atoms. The van der Waals surface area contributed by atoms with Crippen molar-refractivity contribution >= 4 is 0 Å². The summed E-state index contributed by atoms with van der Waals surface area (Å²) in [5.74, 6) is 0.825. The maximum atomic E-state index is 9.89. The summed E-state index contributed by atoms with van der Waals surface area (Å²) in [6.07, 6.45) is 37.4. The van der Waals surface area contributed by atoms with E-state index in [-0.39, 0.29) is 24.3 Å². The lowest BCUT2D eigenvalue weighted by atomic mass is 9.85. The molecule has 4 rings (SSSR count). The second-order valence-electron chi connectivity index (χ2n) is 16.0. The van der Waals surface area contributed by atoms with Gasteiger partial charge in [0.2, 0.25) is 0 Å². The highest BCUT2D eigenvalue weighted by Crippen LogP contribution is 2.35. The van der Waals surface area contributed by atoms with Crippen LogP contribution in [0.5, 0.6) is 0 Å². The van der Waals surface area contributed by atoms with Crippen LogP contribution in [0.3, 0.4) is 0 Å². The molecule has 0 aromatic rings. The van der Waals surface area contributed by atoms with Gasteiger partial charge in [-0.05, 0) is 96.9 Å². The first-order chi connectivity index (χ1) is 22.0. The normalized spacial score (nSPS) is 32.5. The van der Waals surface area contributed by atoms with Crippen LogP contribution in [0.2, 0.25) is 0 Å². The molecule has 262 valence electrons. The molecule has 8 atom stereocenters. The number of rotatable bonds is 22. The molecule has 5 heteroatoms. The molecule has 4 heterocycles. The van der Waals surface area contributed by atoms with Crippen molar-refractivity contribution in [3.63, 3.8) is 0 Å². The minimum Gasteiger partial charge on any atom is -0.392 e. The average Bonchev–Trinajstić information content (AvgIpc) is 3.51. The molecule has 0 radical (unpaired) electrons. The summed E-state index contributed by atoms with van der Waals surface area (Å²) in [6, 6.07) is 2.66. The predicted molar refractivity (Wildman–Crippen MR) is 192 cm³/mol. The first-order valence-electron chi connectivity index (χ1n) is 20.3. The van der Waals surface area contributed by atoms with E-state index in [1.165, 1.54) is 154 Å². The summed E-state index contributed by atoms with van der Waals surface area (Å²) in [5.41, 5.74) is 1.77. The minimum absolute atomic E-state index is 0.141. The largest absolute Gasteiger partial charge is 0.392 e. The van der Waals surface area contributed by atoms with Crippen LogP contribution in [-0.2, 0) is 0 Å². The summed E-state index contributed by atoms with van der Waals surface area (Å²) < 4.78 is 0. The van der Waals surface area contributed by atoms with Crippen LogP contribution in [0.1, 0.15) is 181 Å². The van der Waals surface area contributed by atoms with Crippen molar-refractivity contribution in [3.8, 4) is 0 Å². The Hall–Kier alpha value is -0.460. The molecule has 2 unspecified atom stereocenters. The lowest BCUT2D eigenvalue weighted by Crippen LogP contribution is -2.48. The summed E-state index contributed by atoms with van der Waals surface area (Å²) in [4.78, 5) is 2.84. The Morgan fingerprint density at radius 3 is 1.58 bits per heavy atom. The van der Waals surface area contributed by atoms with Crippen molar-refractivity contribution in [2.45, 2.75) is 223 Å². The fraction of sp³-hybridized carbons (Fsp3) is 0.950. The zero-order valence-corrected chi connectivity index (χ0v) is 29.8. The van der Waals surface area contributed by atoms with Gasteiger partial charge in [0.05, 0.1) is 12.2 Å². The smallest absolute Gasteiger partial charge is 0.0691 e. The van der Waals surface area contributed by atoms with Crippen LogP contribution in [0, 0.1) is 5.92 Å². The maximum absolute atomic E-state index is 9.89. The number of nitrogens with one attached hydrogen (secondary N) is 2.